The summed E-state index contributed by atoms with van der Waals surface area (Å²) in [6.45, 7) is 3.10. The van der Waals surface area contributed by atoms with E-state index in [1.54, 1.807) is 12.1 Å². The van der Waals surface area contributed by atoms with E-state index in [0.29, 0.717) is 0 Å². The van der Waals surface area contributed by atoms with Gasteiger partial charge in [-0.3, -0.25) is 0 Å². The highest BCUT2D eigenvalue weighted by molar-refractivity contribution is 5.32. The van der Waals surface area contributed by atoms with Crippen molar-refractivity contribution >= 4 is 0 Å². The molecule has 1 saturated carbocycles. The Morgan fingerprint density at radius 1 is 1.18 bits per heavy atom. The highest BCUT2D eigenvalue weighted by Gasteiger charge is 2.43. The van der Waals surface area contributed by atoms with Crippen molar-refractivity contribution in [1.82, 2.24) is 5.32 Å². The number of aliphatic hydroxyl groups excluding tert-OH is 1. The number of nitrogens with one attached hydrogen (secondary N) is 1. The van der Waals surface area contributed by atoms with Crippen LogP contribution in [0.4, 0.5) is 4.39 Å². The van der Waals surface area contributed by atoms with Crippen LogP contribution in [0.5, 0.6) is 0 Å². The summed E-state index contributed by atoms with van der Waals surface area (Å²) in [7, 11) is 0. The van der Waals surface area contributed by atoms with Gasteiger partial charge in [-0.25, -0.2) is 4.39 Å². The van der Waals surface area contributed by atoms with Crippen molar-refractivity contribution in [3.63, 3.8) is 0 Å². The average molecular weight is 299 g/mol. The van der Waals surface area contributed by atoms with E-state index < -0.39 is 0 Å². The summed E-state index contributed by atoms with van der Waals surface area (Å²) in [6.07, 6.45) is 2.30. The molecule has 2 aromatic carbocycles. The van der Waals surface area contributed by atoms with Gasteiger partial charge in [0.25, 0.3) is 0 Å². The lowest BCUT2D eigenvalue weighted by Crippen LogP contribution is -2.29. The molecule has 116 valence electrons. The van der Waals surface area contributed by atoms with Crippen LogP contribution < -0.4 is 5.32 Å². The topological polar surface area (TPSA) is 32.3 Å². The van der Waals surface area contributed by atoms with Crippen LogP contribution in [0, 0.1) is 5.82 Å². The van der Waals surface area contributed by atoms with E-state index in [9.17, 15) is 9.50 Å². The molecule has 0 saturated heterocycles. The van der Waals surface area contributed by atoms with Crippen LogP contribution in [0.15, 0.2) is 48.5 Å². The molecule has 1 atom stereocenters. The molecule has 0 bridgehead atoms. The van der Waals surface area contributed by atoms with Gasteiger partial charge in [0.15, 0.2) is 0 Å². The van der Waals surface area contributed by atoms with Crippen LogP contribution >= 0.6 is 0 Å². The fourth-order valence-corrected chi connectivity index (χ4v) is 2.95. The minimum absolute atomic E-state index is 0.0695. The molecule has 1 unspecified atom stereocenters. The molecule has 3 rings (SSSR count). The van der Waals surface area contributed by atoms with Gasteiger partial charge in [-0.2, -0.15) is 0 Å². The zero-order chi connectivity index (χ0) is 15.6. The lowest BCUT2D eigenvalue weighted by molar-refractivity contribution is 0.281. The summed E-state index contributed by atoms with van der Waals surface area (Å²) in [4.78, 5) is 0. The Morgan fingerprint density at radius 3 is 2.55 bits per heavy atom. The molecule has 0 aliphatic heterocycles. The third-order valence-corrected chi connectivity index (χ3v) is 4.69. The Kier molecular flexibility index (Phi) is 4.27. The van der Waals surface area contributed by atoms with E-state index in [2.05, 4.69) is 18.3 Å². The lowest BCUT2D eigenvalue weighted by atomic mass is 9.95. The number of benzene rings is 2. The Hall–Kier alpha value is -1.71. The molecule has 0 heterocycles. The molecule has 2 aromatic rings. The maximum absolute atomic E-state index is 13.1. The molecule has 1 aliphatic rings. The quantitative estimate of drug-likeness (QED) is 0.852. The van der Waals surface area contributed by atoms with Crippen LogP contribution in [-0.2, 0) is 12.0 Å². The van der Waals surface area contributed by atoms with E-state index >= 15 is 0 Å². The van der Waals surface area contributed by atoms with Crippen molar-refractivity contribution in [2.24, 2.45) is 0 Å². The van der Waals surface area contributed by atoms with Crippen molar-refractivity contribution in [1.29, 1.82) is 0 Å². The zero-order valence-electron chi connectivity index (χ0n) is 12.8. The average Bonchev–Trinajstić information content (AvgIpc) is 3.34. The molecule has 22 heavy (non-hydrogen) atoms. The van der Waals surface area contributed by atoms with Crippen LogP contribution in [0.1, 0.15) is 42.5 Å². The van der Waals surface area contributed by atoms with Crippen LogP contribution in [0.3, 0.4) is 0 Å². The Bertz CT molecular complexity index is 634. The van der Waals surface area contributed by atoms with E-state index in [0.717, 1.165) is 24.9 Å². The number of halogens is 1. The summed E-state index contributed by atoms with van der Waals surface area (Å²) < 4.78 is 13.1. The summed E-state index contributed by atoms with van der Waals surface area (Å²) in [5.74, 6) is -0.179. The third-order valence-electron chi connectivity index (χ3n) is 4.69. The zero-order valence-corrected chi connectivity index (χ0v) is 12.8. The van der Waals surface area contributed by atoms with Gasteiger partial charge in [0, 0.05) is 18.0 Å². The fraction of sp³-hybridized carbons (Fsp3) is 0.368. The lowest BCUT2D eigenvalue weighted by Gasteiger charge is -2.21. The number of aliphatic hydroxyl groups is 1. The number of rotatable bonds is 6. The SMILES string of the molecule is CC(NCC1(c2ccc(F)cc2)CC1)c1cccc(CO)c1. The molecule has 1 aliphatic carbocycles. The van der Waals surface area contributed by atoms with Gasteiger partial charge in [0.2, 0.25) is 0 Å². The standard InChI is InChI=1S/C19H22FNO/c1-14(16-4-2-3-15(11-16)12-22)21-13-19(9-10-19)17-5-7-18(20)8-6-17/h2-8,11,14,21-22H,9-10,12-13H2,1H3. The van der Waals surface area contributed by atoms with E-state index in [1.165, 1.54) is 11.1 Å². The van der Waals surface area contributed by atoms with Gasteiger partial charge in [-0.15, -0.1) is 0 Å². The molecule has 1 fully saturated rings. The summed E-state index contributed by atoms with van der Waals surface area (Å²) >= 11 is 0. The van der Waals surface area contributed by atoms with Gasteiger partial charge < -0.3 is 10.4 Å². The fourth-order valence-electron chi connectivity index (χ4n) is 2.95. The first kappa shape index (κ1) is 15.2. The van der Waals surface area contributed by atoms with Gasteiger partial charge in [-0.05, 0) is 48.6 Å². The maximum Gasteiger partial charge on any atom is 0.123 e. The molecule has 2 nitrogen and oxygen atoms in total. The molecule has 0 amide bonds. The van der Waals surface area contributed by atoms with E-state index in [-0.39, 0.29) is 23.9 Å². The van der Waals surface area contributed by atoms with Gasteiger partial charge in [0.1, 0.15) is 5.82 Å². The normalized spacial score (nSPS) is 17.2. The second kappa shape index (κ2) is 6.19. The first-order valence-electron chi connectivity index (χ1n) is 7.82. The van der Waals surface area contributed by atoms with Crippen molar-refractivity contribution in [2.75, 3.05) is 6.54 Å². The minimum Gasteiger partial charge on any atom is -0.392 e. The third kappa shape index (κ3) is 3.21. The molecule has 2 N–H and O–H groups in total. The predicted octanol–water partition coefficient (Wildman–Crippen LogP) is 3.70. The van der Waals surface area contributed by atoms with Crippen molar-refractivity contribution in [3.05, 3.63) is 71.0 Å². The number of hydrogen-bond acceptors (Lipinski definition) is 2. The van der Waals surface area contributed by atoms with Crippen LogP contribution in [0.25, 0.3) is 0 Å². The predicted molar refractivity (Wildman–Crippen MR) is 86.1 cm³/mol. The summed E-state index contributed by atoms with van der Waals surface area (Å²) in [6, 6.07) is 15.1. The highest BCUT2D eigenvalue weighted by Crippen LogP contribution is 2.47. The molecule has 3 heteroatoms. The summed E-state index contributed by atoms with van der Waals surface area (Å²) in [5.41, 5.74) is 3.50. The van der Waals surface area contributed by atoms with Crippen molar-refractivity contribution < 1.29 is 9.50 Å². The Balaban J connectivity index is 1.65. The minimum atomic E-state index is -0.179. The van der Waals surface area contributed by atoms with Gasteiger partial charge >= 0.3 is 0 Å². The van der Waals surface area contributed by atoms with Crippen LogP contribution in [-0.4, -0.2) is 11.7 Å². The second-order valence-electron chi connectivity index (χ2n) is 6.29. The maximum atomic E-state index is 13.1. The molecule has 0 aromatic heterocycles. The van der Waals surface area contributed by atoms with Crippen molar-refractivity contribution in [2.45, 2.75) is 37.8 Å². The smallest absolute Gasteiger partial charge is 0.123 e. The monoisotopic (exact) mass is 299 g/mol. The van der Waals surface area contributed by atoms with Gasteiger partial charge in [0.05, 0.1) is 6.61 Å². The Labute approximate surface area is 131 Å². The molecule has 0 radical (unpaired) electrons. The van der Waals surface area contributed by atoms with Crippen molar-refractivity contribution in [3.8, 4) is 0 Å². The summed E-state index contributed by atoms with van der Waals surface area (Å²) in [5, 5.41) is 12.8. The number of hydrogen-bond donors (Lipinski definition) is 2. The first-order chi connectivity index (χ1) is 10.6. The first-order valence-corrected chi connectivity index (χ1v) is 7.82. The molecule has 0 spiro atoms. The van der Waals surface area contributed by atoms with E-state index in [4.69, 9.17) is 0 Å². The molecular formula is C19H22FNO. The van der Waals surface area contributed by atoms with E-state index in [1.807, 2.05) is 30.3 Å². The second-order valence-corrected chi connectivity index (χ2v) is 6.29. The Morgan fingerprint density at radius 2 is 1.91 bits per heavy atom. The van der Waals surface area contributed by atoms with Crippen LogP contribution in [0.2, 0.25) is 0 Å². The largest absolute Gasteiger partial charge is 0.392 e. The van der Waals surface area contributed by atoms with Gasteiger partial charge in [-0.1, -0.05) is 36.4 Å². The highest BCUT2D eigenvalue weighted by atomic mass is 19.1. The molecular weight excluding hydrogens is 277 g/mol.